The molecule has 1 aromatic heterocycles. The summed E-state index contributed by atoms with van der Waals surface area (Å²) in [6.07, 6.45) is 0. The number of Topliss-reactive ketones (excluding diaryl/α,β-unsaturated/α-hetero) is 1. The Balaban J connectivity index is 2.21. The Hall–Kier alpha value is -1.79. The maximum Gasteiger partial charge on any atom is 0.259 e. The summed E-state index contributed by atoms with van der Waals surface area (Å²) in [5.74, 6) is -1.44. The molecular formula is C12H8ClFN2O2S. The number of hydrogen-bond acceptors (Lipinski definition) is 4. The molecule has 0 radical (unpaired) electrons. The molecule has 0 saturated heterocycles. The largest absolute Gasteiger partial charge is 0.298 e. The molecular weight excluding hydrogens is 291 g/mol. The number of rotatable bonds is 3. The summed E-state index contributed by atoms with van der Waals surface area (Å²) in [7, 11) is 0. The Bertz CT molecular complexity index is 657. The van der Waals surface area contributed by atoms with Gasteiger partial charge in [0.25, 0.3) is 5.91 Å². The first kappa shape index (κ1) is 13.6. The minimum Gasteiger partial charge on any atom is -0.298 e. The molecule has 19 heavy (non-hydrogen) atoms. The van der Waals surface area contributed by atoms with Crippen LogP contribution in [0, 0.1) is 5.82 Å². The first-order valence-corrected chi connectivity index (χ1v) is 6.46. The molecule has 1 amide bonds. The van der Waals surface area contributed by atoms with Crippen LogP contribution in [-0.2, 0) is 0 Å². The number of anilines is 1. The molecule has 0 aliphatic rings. The van der Waals surface area contributed by atoms with E-state index in [1.165, 1.54) is 24.4 Å². The van der Waals surface area contributed by atoms with E-state index in [1.54, 1.807) is 0 Å². The zero-order valence-electron chi connectivity index (χ0n) is 9.74. The third kappa shape index (κ3) is 2.97. The van der Waals surface area contributed by atoms with Gasteiger partial charge in [-0.05, 0) is 12.1 Å². The predicted molar refractivity (Wildman–Crippen MR) is 71.5 cm³/mol. The minimum atomic E-state index is -0.669. The van der Waals surface area contributed by atoms with Crippen molar-refractivity contribution in [2.45, 2.75) is 6.92 Å². The second kappa shape index (κ2) is 5.46. The van der Waals surface area contributed by atoms with Crippen LogP contribution in [0.3, 0.4) is 0 Å². The van der Waals surface area contributed by atoms with Gasteiger partial charge in [-0.3, -0.25) is 14.9 Å². The highest BCUT2D eigenvalue weighted by molar-refractivity contribution is 7.14. The van der Waals surface area contributed by atoms with Crippen LogP contribution in [0.15, 0.2) is 23.6 Å². The van der Waals surface area contributed by atoms with E-state index in [1.807, 2.05) is 0 Å². The molecule has 0 saturated carbocycles. The van der Waals surface area contributed by atoms with Crippen LogP contribution in [0.5, 0.6) is 0 Å². The number of benzene rings is 1. The molecule has 7 heteroatoms. The summed E-state index contributed by atoms with van der Waals surface area (Å²) in [4.78, 5) is 26.9. The van der Waals surface area contributed by atoms with E-state index in [0.29, 0.717) is 0 Å². The molecule has 0 aliphatic heterocycles. The lowest BCUT2D eigenvalue weighted by atomic mass is 10.2. The molecule has 0 atom stereocenters. The molecule has 2 aromatic rings. The van der Waals surface area contributed by atoms with Gasteiger partial charge >= 0.3 is 0 Å². The highest BCUT2D eigenvalue weighted by Crippen LogP contribution is 2.22. The van der Waals surface area contributed by atoms with Crippen LogP contribution in [0.1, 0.15) is 27.8 Å². The van der Waals surface area contributed by atoms with Crippen LogP contribution >= 0.6 is 22.9 Å². The molecule has 0 spiro atoms. The topological polar surface area (TPSA) is 59.1 Å². The maximum absolute atomic E-state index is 13.2. The van der Waals surface area contributed by atoms with Crippen molar-refractivity contribution in [3.05, 3.63) is 45.7 Å². The number of nitrogens with zero attached hydrogens (tertiary/aromatic N) is 1. The van der Waals surface area contributed by atoms with Crippen LogP contribution in [0.2, 0.25) is 5.02 Å². The van der Waals surface area contributed by atoms with Crippen molar-refractivity contribution in [3.63, 3.8) is 0 Å². The number of thiazole rings is 1. The van der Waals surface area contributed by atoms with Gasteiger partial charge < -0.3 is 0 Å². The Kier molecular flexibility index (Phi) is 3.92. The number of halogens is 2. The Morgan fingerprint density at radius 1 is 1.42 bits per heavy atom. The van der Waals surface area contributed by atoms with Crippen molar-refractivity contribution in [1.29, 1.82) is 0 Å². The van der Waals surface area contributed by atoms with E-state index in [2.05, 4.69) is 10.3 Å². The minimum absolute atomic E-state index is 0.0150. The van der Waals surface area contributed by atoms with Crippen molar-refractivity contribution < 1.29 is 14.0 Å². The lowest BCUT2D eigenvalue weighted by Crippen LogP contribution is -2.13. The SMILES string of the molecule is CC(=O)c1csc(NC(=O)c2cccc(F)c2Cl)n1. The highest BCUT2D eigenvalue weighted by atomic mass is 35.5. The van der Waals surface area contributed by atoms with Gasteiger partial charge in [0.05, 0.1) is 10.6 Å². The average molecular weight is 299 g/mol. The maximum atomic E-state index is 13.2. The Morgan fingerprint density at radius 3 is 2.79 bits per heavy atom. The van der Waals surface area contributed by atoms with Crippen LogP contribution in [0.4, 0.5) is 9.52 Å². The van der Waals surface area contributed by atoms with E-state index in [4.69, 9.17) is 11.6 Å². The van der Waals surface area contributed by atoms with Crippen molar-refractivity contribution in [1.82, 2.24) is 4.98 Å². The second-order valence-electron chi connectivity index (χ2n) is 3.65. The van der Waals surface area contributed by atoms with Gasteiger partial charge in [-0.25, -0.2) is 9.37 Å². The monoisotopic (exact) mass is 298 g/mol. The number of carbonyl (C=O) groups is 2. The van der Waals surface area contributed by atoms with Gasteiger partial charge in [0.15, 0.2) is 10.9 Å². The summed E-state index contributed by atoms with van der Waals surface area (Å²) in [6, 6.07) is 3.95. The van der Waals surface area contributed by atoms with Gasteiger partial charge in [-0.15, -0.1) is 11.3 Å². The van der Waals surface area contributed by atoms with E-state index in [-0.39, 0.29) is 27.2 Å². The smallest absolute Gasteiger partial charge is 0.259 e. The number of aromatic nitrogens is 1. The fourth-order valence-corrected chi connectivity index (χ4v) is 2.29. The Labute approximate surface area is 117 Å². The zero-order valence-corrected chi connectivity index (χ0v) is 11.3. The molecule has 1 heterocycles. The number of ketones is 1. The van der Waals surface area contributed by atoms with Gasteiger partial charge in [-0.1, -0.05) is 17.7 Å². The second-order valence-corrected chi connectivity index (χ2v) is 4.89. The molecule has 2 rings (SSSR count). The van der Waals surface area contributed by atoms with Gasteiger partial charge in [0, 0.05) is 12.3 Å². The van der Waals surface area contributed by atoms with Crippen LogP contribution < -0.4 is 5.32 Å². The molecule has 0 bridgehead atoms. The standard InChI is InChI=1S/C12H8ClFN2O2S/c1-6(17)9-5-19-12(15-9)16-11(18)7-3-2-4-8(14)10(7)13/h2-5H,1H3,(H,15,16,18). The van der Waals surface area contributed by atoms with Crippen molar-refractivity contribution in [2.75, 3.05) is 5.32 Å². The molecule has 1 aromatic carbocycles. The molecule has 0 aliphatic carbocycles. The van der Waals surface area contributed by atoms with Gasteiger partial charge in [-0.2, -0.15) is 0 Å². The van der Waals surface area contributed by atoms with E-state index in [9.17, 15) is 14.0 Å². The first-order chi connectivity index (χ1) is 8.99. The molecule has 0 unspecified atom stereocenters. The van der Waals surface area contributed by atoms with Crippen molar-refractivity contribution in [3.8, 4) is 0 Å². The van der Waals surface area contributed by atoms with E-state index < -0.39 is 11.7 Å². The van der Waals surface area contributed by atoms with Gasteiger partial charge in [0.2, 0.25) is 0 Å². The fourth-order valence-electron chi connectivity index (χ4n) is 1.34. The summed E-state index contributed by atoms with van der Waals surface area (Å²) in [5, 5.41) is 4.01. The third-order valence-electron chi connectivity index (χ3n) is 2.28. The van der Waals surface area contributed by atoms with Crippen LogP contribution in [0.25, 0.3) is 0 Å². The normalized spacial score (nSPS) is 10.3. The van der Waals surface area contributed by atoms with Crippen molar-refractivity contribution in [2.24, 2.45) is 0 Å². The summed E-state index contributed by atoms with van der Waals surface area (Å²) < 4.78 is 13.2. The summed E-state index contributed by atoms with van der Waals surface area (Å²) in [5.41, 5.74) is 0.284. The van der Waals surface area contributed by atoms with Crippen molar-refractivity contribution >= 4 is 39.8 Å². The van der Waals surface area contributed by atoms with Crippen LogP contribution in [-0.4, -0.2) is 16.7 Å². The summed E-state index contributed by atoms with van der Waals surface area (Å²) in [6.45, 7) is 1.38. The lowest BCUT2D eigenvalue weighted by Gasteiger charge is -2.04. The third-order valence-corrected chi connectivity index (χ3v) is 3.42. The van der Waals surface area contributed by atoms with E-state index >= 15 is 0 Å². The Morgan fingerprint density at radius 2 is 2.16 bits per heavy atom. The predicted octanol–water partition coefficient (Wildman–Crippen LogP) is 3.39. The summed E-state index contributed by atoms with van der Waals surface area (Å²) >= 11 is 6.81. The zero-order chi connectivity index (χ0) is 14.0. The molecule has 4 nitrogen and oxygen atoms in total. The highest BCUT2D eigenvalue weighted by Gasteiger charge is 2.15. The average Bonchev–Trinajstić information content (AvgIpc) is 2.81. The molecule has 98 valence electrons. The first-order valence-electron chi connectivity index (χ1n) is 5.21. The van der Waals surface area contributed by atoms with E-state index in [0.717, 1.165) is 17.4 Å². The number of carbonyl (C=O) groups excluding carboxylic acids is 2. The number of amides is 1. The molecule has 0 fully saturated rings. The quantitative estimate of drug-likeness (QED) is 0.884. The lowest BCUT2D eigenvalue weighted by molar-refractivity contribution is 0.100. The van der Waals surface area contributed by atoms with Gasteiger partial charge in [0.1, 0.15) is 11.5 Å². The fraction of sp³-hybridized carbons (Fsp3) is 0.0833. The number of nitrogens with one attached hydrogen (secondary N) is 1. The number of hydrogen-bond donors (Lipinski definition) is 1. The molecule has 1 N–H and O–H groups in total.